The Hall–Kier alpha value is -2.76. The molecule has 1 aromatic carbocycles. The Bertz CT molecular complexity index is 1010. The van der Waals surface area contributed by atoms with Crippen LogP contribution in [0.2, 0.25) is 5.02 Å². The molecule has 0 aliphatic carbocycles. The number of hydrogen-bond donors (Lipinski definition) is 2. The lowest BCUT2D eigenvalue weighted by atomic mass is 10.1. The summed E-state index contributed by atoms with van der Waals surface area (Å²) < 4.78 is 4.82. The lowest BCUT2D eigenvalue weighted by molar-refractivity contribution is -0.384. The monoisotopic (exact) mass is 456 g/mol. The topological polar surface area (TPSA) is 114 Å². The summed E-state index contributed by atoms with van der Waals surface area (Å²) in [5, 5.41) is 17.1. The summed E-state index contributed by atoms with van der Waals surface area (Å²) in [7, 11) is 4.44. The van der Waals surface area contributed by atoms with Crippen molar-refractivity contribution in [3.05, 3.63) is 49.3 Å². The molecule has 1 amide bonds. The van der Waals surface area contributed by atoms with Gasteiger partial charge in [-0.3, -0.25) is 14.9 Å². The van der Waals surface area contributed by atoms with E-state index >= 15 is 0 Å². The van der Waals surface area contributed by atoms with E-state index < -0.39 is 10.9 Å². The van der Waals surface area contributed by atoms with Crippen molar-refractivity contribution in [2.24, 2.45) is 0 Å². The van der Waals surface area contributed by atoms with Gasteiger partial charge in [0.1, 0.15) is 10.0 Å². The Morgan fingerprint density at radius 3 is 2.52 bits per heavy atom. The molecule has 0 radical (unpaired) electrons. The van der Waals surface area contributed by atoms with E-state index in [1.807, 2.05) is 0 Å². The summed E-state index contributed by atoms with van der Waals surface area (Å²) >= 11 is 12.1. The highest BCUT2D eigenvalue weighted by Crippen LogP contribution is 2.34. The normalized spacial score (nSPS) is 10.2. The van der Waals surface area contributed by atoms with Gasteiger partial charge in [0.05, 0.1) is 22.5 Å². The number of hydrogen-bond acceptors (Lipinski definition) is 7. The van der Waals surface area contributed by atoms with Crippen LogP contribution in [0.3, 0.4) is 0 Å². The van der Waals surface area contributed by atoms with E-state index in [4.69, 9.17) is 28.6 Å². The number of anilines is 2. The molecule has 154 valence electrons. The zero-order valence-electron chi connectivity index (χ0n) is 15.9. The van der Waals surface area contributed by atoms with E-state index in [0.717, 1.165) is 11.3 Å². The smallest absolute Gasteiger partial charge is 0.341 e. The molecule has 0 unspecified atom stereocenters. The number of carbonyl (C=O) groups is 2. The summed E-state index contributed by atoms with van der Waals surface area (Å²) in [6.45, 7) is 1.64. The number of nitrogens with zero attached hydrogens (tertiary/aromatic N) is 2. The molecule has 12 heteroatoms. The minimum absolute atomic E-state index is 0.00636. The summed E-state index contributed by atoms with van der Waals surface area (Å²) in [5.41, 5.74) is 0.707. The first-order valence-corrected chi connectivity index (χ1v) is 9.62. The van der Waals surface area contributed by atoms with Crippen LogP contribution in [0.25, 0.3) is 0 Å². The lowest BCUT2D eigenvalue weighted by Gasteiger charge is -2.11. The maximum absolute atomic E-state index is 12.4. The van der Waals surface area contributed by atoms with Crippen LogP contribution in [-0.4, -0.2) is 48.0 Å². The van der Waals surface area contributed by atoms with Crippen molar-refractivity contribution in [3.63, 3.8) is 0 Å². The van der Waals surface area contributed by atoms with Crippen LogP contribution >= 0.6 is 35.2 Å². The number of thiocarbonyl (C=S) groups is 1. The first-order chi connectivity index (χ1) is 13.6. The quantitative estimate of drug-likeness (QED) is 0.301. The summed E-state index contributed by atoms with van der Waals surface area (Å²) in [4.78, 5) is 36.8. The number of nitrogens with one attached hydrogen (secondary N) is 2. The fourth-order valence-electron chi connectivity index (χ4n) is 2.35. The highest BCUT2D eigenvalue weighted by atomic mass is 35.5. The standard InChI is InChI=1S/C17H17ClN4O5S2/c1-8-12(16(24)27-4)14(29-13(8)15(23)21(2)3)20-17(28)19-9-5-6-10(18)11(7-9)22(25)26/h5-7H,1-4H3,(H2,19,20,28). The molecular weight excluding hydrogens is 440 g/mol. The number of halogens is 1. The number of esters is 1. The van der Waals surface area contributed by atoms with Gasteiger partial charge in [0.25, 0.3) is 11.6 Å². The maximum atomic E-state index is 12.4. The number of nitro groups is 1. The fourth-order valence-corrected chi connectivity index (χ4v) is 4.04. The minimum Gasteiger partial charge on any atom is -0.465 e. The molecule has 9 nitrogen and oxygen atoms in total. The van der Waals surface area contributed by atoms with Crippen LogP contribution in [0, 0.1) is 17.0 Å². The number of methoxy groups -OCH3 is 1. The molecule has 1 aromatic heterocycles. The Morgan fingerprint density at radius 1 is 1.31 bits per heavy atom. The van der Waals surface area contributed by atoms with Crippen molar-refractivity contribution < 1.29 is 19.2 Å². The molecule has 29 heavy (non-hydrogen) atoms. The summed E-state index contributed by atoms with van der Waals surface area (Å²) in [5.74, 6) is -0.887. The van der Waals surface area contributed by atoms with E-state index in [1.165, 1.54) is 30.2 Å². The highest BCUT2D eigenvalue weighted by molar-refractivity contribution is 7.80. The predicted octanol–water partition coefficient (Wildman–Crippen LogP) is 3.92. The highest BCUT2D eigenvalue weighted by Gasteiger charge is 2.26. The molecule has 2 rings (SSSR count). The number of amides is 1. The Balaban J connectivity index is 2.33. The van der Waals surface area contributed by atoms with Gasteiger partial charge in [-0.1, -0.05) is 11.6 Å². The van der Waals surface area contributed by atoms with Crippen molar-refractivity contribution in [2.75, 3.05) is 31.8 Å². The van der Waals surface area contributed by atoms with Gasteiger partial charge in [-0.15, -0.1) is 11.3 Å². The first-order valence-electron chi connectivity index (χ1n) is 8.02. The average molecular weight is 457 g/mol. The van der Waals surface area contributed by atoms with Crippen LogP contribution in [0.4, 0.5) is 16.4 Å². The number of carbonyl (C=O) groups excluding carboxylic acids is 2. The molecule has 0 bridgehead atoms. The molecule has 0 aliphatic heterocycles. The van der Waals surface area contributed by atoms with Gasteiger partial charge in [0.15, 0.2) is 5.11 Å². The zero-order valence-corrected chi connectivity index (χ0v) is 18.3. The average Bonchev–Trinajstić information content (AvgIpc) is 2.97. The van der Waals surface area contributed by atoms with E-state index in [2.05, 4.69) is 10.6 Å². The fraction of sp³-hybridized carbons (Fsp3) is 0.235. The van der Waals surface area contributed by atoms with E-state index in [9.17, 15) is 19.7 Å². The molecule has 2 N–H and O–H groups in total. The van der Waals surface area contributed by atoms with Crippen LogP contribution < -0.4 is 10.6 Å². The second-order valence-electron chi connectivity index (χ2n) is 5.95. The van der Waals surface area contributed by atoms with Gasteiger partial charge < -0.3 is 20.3 Å². The Morgan fingerprint density at radius 2 is 1.97 bits per heavy atom. The number of thiophene rings is 1. The molecular formula is C17H17ClN4O5S2. The second-order valence-corrected chi connectivity index (χ2v) is 7.79. The second kappa shape index (κ2) is 9.16. The molecule has 0 spiro atoms. The van der Waals surface area contributed by atoms with Crippen molar-refractivity contribution in [1.29, 1.82) is 0 Å². The molecule has 0 saturated heterocycles. The molecule has 0 atom stereocenters. The van der Waals surface area contributed by atoms with Crippen molar-refractivity contribution in [2.45, 2.75) is 6.92 Å². The Labute approximate surface area is 180 Å². The number of benzene rings is 1. The molecule has 0 aliphatic rings. The van der Waals surface area contributed by atoms with E-state index in [1.54, 1.807) is 21.0 Å². The predicted molar refractivity (Wildman–Crippen MR) is 116 cm³/mol. The molecule has 0 saturated carbocycles. The zero-order chi connectivity index (χ0) is 21.9. The third kappa shape index (κ3) is 5.00. The largest absolute Gasteiger partial charge is 0.465 e. The van der Waals surface area contributed by atoms with E-state index in [-0.39, 0.29) is 27.3 Å². The van der Waals surface area contributed by atoms with Crippen LogP contribution in [-0.2, 0) is 4.74 Å². The van der Waals surface area contributed by atoms with Crippen LogP contribution in [0.1, 0.15) is 25.6 Å². The van der Waals surface area contributed by atoms with Gasteiger partial charge in [-0.2, -0.15) is 0 Å². The van der Waals surface area contributed by atoms with Crippen LogP contribution in [0.15, 0.2) is 18.2 Å². The van der Waals surface area contributed by atoms with Crippen molar-refractivity contribution >= 4 is 68.5 Å². The number of nitro benzene ring substituents is 1. The van der Waals surface area contributed by atoms with Gasteiger partial charge >= 0.3 is 5.97 Å². The summed E-state index contributed by atoms with van der Waals surface area (Å²) in [6, 6.07) is 4.12. The number of ether oxygens (including phenoxy) is 1. The minimum atomic E-state index is -0.621. The Kier molecular flexibility index (Phi) is 7.11. The van der Waals surface area contributed by atoms with Gasteiger partial charge in [0.2, 0.25) is 0 Å². The van der Waals surface area contributed by atoms with E-state index in [0.29, 0.717) is 21.1 Å². The van der Waals surface area contributed by atoms with Gasteiger partial charge in [-0.05, 0) is 36.8 Å². The van der Waals surface area contributed by atoms with Gasteiger partial charge in [-0.25, -0.2) is 4.79 Å². The number of rotatable bonds is 5. The molecule has 1 heterocycles. The maximum Gasteiger partial charge on any atom is 0.341 e. The van der Waals surface area contributed by atoms with Gasteiger partial charge in [0, 0.05) is 25.8 Å². The molecule has 0 fully saturated rings. The third-order valence-corrected chi connectivity index (χ3v) is 5.48. The third-order valence-electron chi connectivity index (χ3n) is 3.76. The molecule has 2 aromatic rings. The lowest BCUT2D eigenvalue weighted by Crippen LogP contribution is -2.21. The van der Waals surface area contributed by atoms with Crippen molar-refractivity contribution in [1.82, 2.24) is 4.90 Å². The first kappa shape index (κ1) is 22.5. The van der Waals surface area contributed by atoms with Crippen molar-refractivity contribution in [3.8, 4) is 0 Å². The SMILES string of the molecule is COC(=O)c1c(NC(=S)Nc2ccc(Cl)c([N+](=O)[O-])c2)sc(C(=O)N(C)C)c1C. The van der Waals surface area contributed by atoms with Crippen LogP contribution in [0.5, 0.6) is 0 Å². The summed E-state index contributed by atoms with van der Waals surface area (Å²) in [6.07, 6.45) is 0.